The molecular weight excluding hydrogens is 252 g/mol. The van der Waals surface area contributed by atoms with Crippen molar-refractivity contribution in [3.63, 3.8) is 0 Å². The number of alkyl halides is 1. The summed E-state index contributed by atoms with van der Waals surface area (Å²) in [5.74, 6) is 1.06. The van der Waals surface area contributed by atoms with E-state index in [-0.39, 0.29) is 0 Å². The van der Waals surface area contributed by atoms with Gasteiger partial charge in [0.2, 0.25) is 0 Å². The molecule has 0 unspecified atom stereocenters. The molecule has 2 heteroatoms. The van der Waals surface area contributed by atoms with E-state index in [4.69, 9.17) is 4.74 Å². The lowest BCUT2D eigenvalue weighted by Crippen LogP contribution is -2.00. The Morgan fingerprint density at radius 2 is 2.07 bits per heavy atom. The average Bonchev–Trinajstić information content (AvgIpc) is 2.27. The summed E-state index contributed by atoms with van der Waals surface area (Å²) in [6, 6.07) is 6.37. The number of halogens is 1. The van der Waals surface area contributed by atoms with Crippen molar-refractivity contribution in [2.24, 2.45) is 0 Å². The van der Waals surface area contributed by atoms with E-state index in [0.717, 1.165) is 30.5 Å². The molecule has 0 saturated carbocycles. The van der Waals surface area contributed by atoms with Crippen LogP contribution >= 0.6 is 15.9 Å². The monoisotopic (exact) mass is 270 g/mol. The van der Waals surface area contributed by atoms with Gasteiger partial charge in [-0.25, -0.2) is 0 Å². The van der Waals surface area contributed by atoms with Gasteiger partial charge < -0.3 is 4.74 Å². The molecule has 1 nitrogen and oxygen atoms in total. The van der Waals surface area contributed by atoms with E-state index in [1.165, 1.54) is 17.5 Å². The van der Waals surface area contributed by atoms with E-state index >= 15 is 0 Å². The molecule has 0 radical (unpaired) electrons. The Balaban J connectivity index is 2.88. The van der Waals surface area contributed by atoms with Gasteiger partial charge in [-0.2, -0.15) is 0 Å². The van der Waals surface area contributed by atoms with E-state index in [2.05, 4.69) is 41.1 Å². The third kappa shape index (κ3) is 3.53. The first-order chi connectivity index (χ1) is 7.33. The highest BCUT2D eigenvalue weighted by Gasteiger charge is 2.06. The lowest BCUT2D eigenvalue weighted by Gasteiger charge is -2.13. The lowest BCUT2D eigenvalue weighted by molar-refractivity contribution is 0.336. The molecule has 0 aliphatic rings. The highest BCUT2D eigenvalue weighted by Crippen LogP contribution is 2.24. The number of rotatable bonds is 6. The minimum absolute atomic E-state index is 0.745. The molecule has 0 fully saturated rings. The number of hydrogen-bond donors (Lipinski definition) is 0. The molecular formula is C13H19BrO. The Bertz CT molecular complexity index is 297. The van der Waals surface area contributed by atoms with Crippen LogP contribution in [-0.2, 0) is 12.8 Å². The van der Waals surface area contributed by atoms with Crippen LogP contribution in [0.4, 0.5) is 0 Å². The molecule has 0 aromatic heterocycles. The summed E-state index contributed by atoms with van der Waals surface area (Å²) in [5.41, 5.74) is 2.81. The molecule has 0 saturated heterocycles. The van der Waals surface area contributed by atoms with E-state index < -0.39 is 0 Å². The van der Waals surface area contributed by atoms with Gasteiger partial charge in [-0.15, -0.1) is 0 Å². The molecule has 1 rings (SSSR count). The second-order valence-corrected chi connectivity index (χ2v) is 4.27. The number of aryl methyl sites for hydroxylation is 1. The van der Waals surface area contributed by atoms with Crippen molar-refractivity contribution in [3.05, 3.63) is 29.3 Å². The van der Waals surface area contributed by atoms with Gasteiger partial charge in [0.25, 0.3) is 0 Å². The summed E-state index contributed by atoms with van der Waals surface area (Å²) < 4.78 is 5.64. The van der Waals surface area contributed by atoms with Gasteiger partial charge in [0.1, 0.15) is 5.75 Å². The van der Waals surface area contributed by atoms with Crippen LogP contribution in [-0.4, -0.2) is 11.9 Å². The molecule has 15 heavy (non-hydrogen) atoms. The van der Waals surface area contributed by atoms with Crippen molar-refractivity contribution >= 4 is 15.9 Å². The third-order valence-corrected chi connectivity index (χ3v) is 3.02. The topological polar surface area (TPSA) is 9.23 Å². The van der Waals surface area contributed by atoms with Gasteiger partial charge in [-0.1, -0.05) is 35.0 Å². The molecule has 0 atom stereocenters. The normalized spacial score (nSPS) is 10.3. The summed E-state index contributed by atoms with van der Waals surface area (Å²) in [6.07, 6.45) is 3.37. The molecule has 1 aromatic rings. The molecule has 84 valence electrons. The minimum Gasteiger partial charge on any atom is -0.494 e. The van der Waals surface area contributed by atoms with Crippen LogP contribution in [0.15, 0.2) is 18.2 Å². The summed E-state index contributed by atoms with van der Waals surface area (Å²) in [6.45, 7) is 4.97. The number of hydrogen-bond acceptors (Lipinski definition) is 1. The molecule has 0 N–H and O–H groups in total. The van der Waals surface area contributed by atoms with Crippen LogP contribution < -0.4 is 4.74 Å². The summed E-state index contributed by atoms with van der Waals surface area (Å²) in [4.78, 5) is 0. The van der Waals surface area contributed by atoms with Crippen molar-refractivity contribution in [1.82, 2.24) is 0 Å². The van der Waals surface area contributed by atoms with Gasteiger partial charge in [0, 0.05) is 5.33 Å². The maximum Gasteiger partial charge on any atom is 0.122 e. The van der Waals surface area contributed by atoms with Gasteiger partial charge >= 0.3 is 0 Å². The van der Waals surface area contributed by atoms with Crippen LogP contribution in [0.3, 0.4) is 0 Å². The van der Waals surface area contributed by atoms with E-state index in [0.29, 0.717) is 0 Å². The summed E-state index contributed by atoms with van der Waals surface area (Å²) in [5, 5.41) is 1.06. The Hall–Kier alpha value is -0.500. The number of ether oxygens (including phenoxy) is 1. The predicted molar refractivity (Wildman–Crippen MR) is 69.1 cm³/mol. The Kier molecular flexibility index (Phi) is 5.77. The van der Waals surface area contributed by atoms with E-state index in [9.17, 15) is 0 Å². The largest absolute Gasteiger partial charge is 0.494 e. The second-order valence-electron chi connectivity index (χ2n) is 3.47. The van der Waals surface area contributed by atoms with Crippen LogP contribution in [0.25, 0.3) is 0 Å². The molecule has 0 bridgehead atoms. The van der Waals surface area contributed by atoms with Crippen molar-refractivity contribution < 1.29 is 4.74 Å². The SMILES string of the molecule is CCOc1cccc(CCCBr)c1CC. The molecule has 0 spiro atoms. The number of benzene rings is 1. The van der Waals surface area contributed by atoms with Crippen LogP contribution in [0.5, 0.6) is 5.75 Å². The smallest absolute Gasteiger partial charge is 0.122 e. The third-order valence-electron chi connectivity index (χ3n) is 2.46. The molecule has 1 aromatic carbocycles. The van der Waals surface area contributed by atoms with Crippen molar-refractivity contribution in [2.45, 2.75) is 33.1 Å². The second kappa shape index (κ2) is 6.89. The quantitative estimate of drug-likeness (QED) is 0.711. The first kappa shape index (κ1) is 12.6. The maximum atomic E-state index is 5.64. The van der Waals surface area contributed by atoms with Crippen molar-refractivity contribution in [2.75, 3.05) is 11.9 Å². The zero-order chi connectivity index (χ0) is 11.1. The first-order valence-electron chi connectivity index (χ1n) is 5.63. The Morgan fingerprint density at radius 1 is 1.27 bits per heavy atom. The predicted octanol–water partition coefficient (Wildman–Crippen LogP) is 3.98. The Labute approximate surface area is 101 Å². The highest BCUT2D eigenvalue weighted by atomic mass is 79.9. The molecule has 0 amide bonds. The minimum atomic E-state index is 0.745. The fourth-order valence-electron chi connectivity index (χ4n) is 1.79. The maximum absolute atomic E-state index is 5.64. The van der Waals surface area contributed by atoms with E-state index in [1.807, 2.05) is 6.92 Å². The van der Waals surface area contributed by atoms with Crippen molar-refractivity contribution in [1.29, 1.82) is 0 Å². The van der Waals surface area contributed by atoms with Crippen molar-refractivity contribution in [3.8, 4) is 5.75 Å². The fourth-order valence-corrected chi connectivity index (χ4v) is 2.07. The molecule has 0 aliphatic heterocycles. The van der Waals surface area contributed by atoms with E-state index in [1.54, 1.807) is 0 Å². The van der Waals surface area contributed by atoms with Gasteiger partial charge in [-0.3, -0.25) is 0 Å². The van der Waals surface area contributed by atoms with Crippen LogP contribution in [0.2, 0.25) is 0 Å². The zero-order valence-electron chi connectivity index (χ0n) is 9.55. The summed E-state index contributed by atoms with van der Waals surface area (Å²) >= 11 is 3.47. The fraction of sp³-hybridized carbons (Fsp3) is 0.538. The molecule has 0 aliphatic carbocycles. The summed E-state index contributed by atoms with van der Waals surface area (Å²) in [7, 11) is 0. The zero-order valence-corrected chi connectivity index (χ0v) is 11.1. The first-order valence-corrected chi connectivity index (χ1v) is 6.75. The van der Waals surface area contributed by atoms with Gasteiger partial charge in [0.05, 0.1) is 6.61 Å². The van der Waals surface area contributed by atoms with Crippen LogP contribution in [0, 0.1) is 0 Å². The lowest BCUT2D eigenvalue weighted by atomic mass is 10.0. The molecule has 0 heterocycles. The van der Waals surface area contributed by atoms with Gasteiger partial charge in [0.15, 0.2) is 0 Å². The van der Waals surface area contributed by atoms with Crippen LogP contribution in [0.1, 0.15) is 31.4 Å². The van der Waals surface area contributed by atoms with Gasteiger partial charge in [-0.05, 0) is 43.4 Å². The Morgan fingerprint density at radius 3 is 2.67 bits per heavy atom. The standard InChI is InChI=1S/C13H19BrO/c1-3-12-11(8-6-10-14)7-5-9-13(12)15-4-2/h5,7,9H,3-4,6,8,10H2,1-2H3. The average molecular weight is 271 g/mol. The highest BCUT2D eigenvalue weighted by molar-refractivity contribution is 9.09.